The second-order valence-electron chi connectivity index (χ2n) is 12.5. The van der Waals surface area contributed by atoms with Crippen molar-refractivity contribution in [3.05, 3.63) is 36.5 Å². The molecular weight excluding hydrogens is 576 g/mol. The number of allylic oxidation sites excluding steroid dienone is 6. The predicted molar refractivity (Wildman–Crippen MR) is 192 cm³/mol. The number of ether oxygens (including phenoxy) is 3. The van der Waals surface area contributed by atoms with Crippen molar-refractivity contribution in [3.63, 3.8) is 0 Å². The van der Waals surface area contributed by atoms with Crippen molar-refractivity contribution >= 4 is 17.9 Å². The summed E-state index contributed by atoms with van der Waals surface area (Å²) in [4.78, 5) is 37.3. The Labute approximate surface area is 283 Å². The minimum absolute atomic E-state index is 0.0929. The fourth-order valence-corrected chi connectivity index (χ4v) is 5.01. The molecule has 0 aliphatic heterocycles. The summed E-state index contributed by atoms with van der Waals surface area (Å²) in [7, 11) is 0. The number of carbonyl (C=O) groups is 3. The molecule has 0 fully saturated rings. The first-order chi connectivity index (χ1) is 22.5. The van der Waals surface area contributed by atoms with Gasteiger partial charge in [0, 0.05) is 19.3 Å². The normalized spacial score (nSPS) is 12.3. The van der Waals surface area contributed by atoms with Crippen LogP contribution in [0.25, 0.3) is 0 Å². The molecule has 0 aromatic rings. The molecule has 0 saturated carbocycles. The Morgan fingerprint density at radius 1 is 0.457 bits per heavy atom. The van der Waals surface area contributed by atoms with Crippen molar-refractivity contribution in [1.29, 1.82) is 0 Å². The quantitative estimate of drug-likeness (QED) is 0.0305. The number of carbonyl (C=O) groups excluding carboxylic acids is 3. The standard InChI is InChI=1S/C40H70O6/c1-4-7-10-13-16-19-22-24-27-30-33-39(42)45-36-37(46-40(43)34-31-28-25-21-18-15-12-9-6-3)35-44-38(41)32-29-26-23-20-17-14-11-8-5-2/h9,12,18,20-21,23,37H,4-8,10-11,13-17,19,22,24-36H2,1-3H3/b12-9-,21-18-,23-20-. The van der Waals surface area contributed by atoms with Crippen molar-refractivity contribution in [2.45, 2.75) is 187 Å². The van der Waals surface area contributed by atoms with E-state index in [9.17, 15) is 14.4 Å². The lowest BCUT2D eigenvalue weighted by molar-refractivity contribution is -0.167. The van der Waals surface area contributed by atoms with E-state index in [4.69, 9.17) is 14.2 Å². The van der Waals surface area contributed by atoms with E-state index in [1.807, 2.05) is 0 Å². The Hall–Kier alpha value is -2.37. The van der Waals surface area contributed by atoms with Gasteiger partial charge in [0.2, 0.25) is 0 Å². The average molecular weight is 647 g/mol. The lowest BCUT2D eigenvalue weighted by Crippen LogP contribution is -2.30. The van der Waals surface area contributed by atoms with E-state index in [-0.39, 0.29) is 37.5 Å². The molecule has 1 unspecified atom stereocenters. The minimum Gasteiger partial charge on any atom is -0.462 e. The molecule has 266 valence electrons. The lowest BCUT2D eigenvalue weighted by atomic mass is 10.1. The molecule has 0 saturated heterocycles. The average Bonchev–Trinajstić information content (AvgIpc) is 3.05. The van der Waals surface area contributed by atoms with Crippen LogP contribution in [0.2, 0.25) is 0 Å². The number of hydrogen-bond donors (Lipinski definition) is 0. The molecule has 0 radical (unpaired) electrons. The third kappa shape index (κ3) is 33.0. The van der Waals surface area contributed by atoms with E-state index in [0.29, 0.717) is 25.7 Å². The molecule has 0 rings (SSSR count). The number of rotatable bonds is 33. The Kier molecular flexibility index (Phi) is 33.7. The maximum absolute atomic E-state index is 12.5. The maximum atomic E-state index is 12.5. The van der Waals surface area contributed by atoms with Crippen molar-refractivity contribution in [2.24, 2.45) is 0 Å². The molecule has 0 aromatic carbocycles. The minimum atomic E-state index is -0.790. The van der Waals surface area contributed by atoms with Crippen molar-refractivity contribution < 1.29 is 28.6 Å². The predicted octanol–water partition coefficient (Wildman–Crippen LogP) is 11.5. The Morgan fingerprint density at radius 3 is 1.46 bits per heavy atom. The summed E-state index contributed by atoms with van der Waals surface area (Å²) >= 11 is 0. The van der Waals surface area contributed by atoms with Crippen LogP contribution in [0.4, 0.5) is 0 Å². The zero-order valence-corrected chi connectivity index (χ0v) is 30.1. The summed E-state index contributed by atoms with van der Waals surface area (Å²) < 4.78 is 16.5. The second-order valence-corrected chi connectivity index (χ2v) is 12.5. The van der Waals surface area contributed by atoms with E-state index >= 15 is 0 Å². The van der Waals surface area contributed by atoms with Crippen molar-refractivity contribution in [2.75, 3.05) is 13.2 Å². The van der Waals surface area contributed by atoms with Gasteiger partial charge < -0.3 is 14.2 Å². The first-order valence-corrected chi connectivity index (χ1v) is 19.0. The molecule has 0 amide bonds. The van der Waals surface area contributed by atoms with Gasteiger partial charge in [-0.25, -0.2) is 0 Å². The topological polar surface area (TPSA) is 78.9 Å². The van der Waals surface area contributed by atoms with Gasteiger partial charge >= 0.3 is 17.9 Å². The van der Waals surface area contributed by atoms with Gasteiger partial charge in [-0.1, -0.05) is 134 Å². The maximum Gasteiger partial charge on any atom is 0.306 e. The fraction of sp³-hybridized carbons (Fsp3) is 0.775. The Morgan fingerprint density at radius 2 is 0.870 bits per heavy atom. The van der Waals surface area contributed by atoms with Crippen LogP contribution in [0.3, 0.4) is 0 Å². The molecule has 6 heteroatoms. The monoisotopic (exact) mass is 647 g/mol. The first-order valence-electron chi connectivity index (χ1n) is 19.0. The lowest BCUT2D eigenvalue weighted by Gasteiger charge is -2.18. The van der Waals surface area contributed by atoms with Crippen LogP contribution >= 0.6 is 0 Å². The molecule has 46 heavy (non-hydrogen) atoms. The van der Waals surface area contributed by atoms with Gasteiger partial charge in [-0.3, -0.25) is 14.4 Å². The SMILES string of the molecule is CC/C=C\C/C=C\CCCCC(=O)OC(COC(=O)CCC/C=C\CCCCCC)COC(=O)CCCCCCCCCCCC. The summed E-state index contributed by atoms with van der Waals surface area (Å²) in [5.74, 6) is -0.977. The van der Waals surface area contributed by atoms with Gasteiger partial charge in [0.15, 0.2) is 6.10 Å². The van der Waals surface area contributed by atoms with Gasteiger partial charge in [-0.15, -0.1) is 0 Å². The summed E-state index contributed by atoms with van der Waals surface area (Å²) in [6.07, 6.45) is 37.2. The molecule has 0 aliphatic carbocycles. The van der Waals surface area contributed by atoms with Gasteiger partial charge in [-0.2, -0.15) is 0 Å². The van der Waals surface area contributed by atoms with Gasteiger partial charge in [0.05, 0.1) is 0 Å². The van der Waals surface area contributed by atoms with E-state index in [2.05, 4.69) is 57.2 Å². The summed E-state index contributed by atoms with van der Waals surface area (Å²) in [6.45, 7) is 6.37. The third-order valence-electron chi connectivity index (χ3n) is 7.88. The van der Waals surface area contributed by atoms with Gasteiger partial charge in [0.25, 0.3) is 0 Å². The van der Waals surface area contributed by atoms with Crippen LogP contribution in [-0.2, 0) is 28.6 Å². The van der Waals surface area contributed by atoms with Crippen LogP contribution < -0.4 is 0 Å². The molecule has 0 spiro atoms. The van der Waals surface area contributed by atoms with Crippen LogP contribution in [0.5, 0.6) is 0 Å². The zero-order valence-electron chi connectivity index (χ0n) is 30.1. The molecule has 0 heterocycles. The summed E-state index contributed by atoms with van der Waals surface area (Å²) in [6, 6.07) is 0. The van der Waals surface area contributed by atoms with Crippen molar-refractivity contribution in [1.82, 2.24) is 0 Å². The molecule has 1 atom stereocenters. The molecule has 0 aromatic heterocycles. The highest BCUT2D eigenvalue weighted by Crippen LogP contribution is 2.12. The zero-order chi connectivity index (χ0) is 33.8. The van der Waals surface area contributed by atoms with E-state index in [1.54, 1.807) is 0 Å². The largest absolute Gasteiger partial charge is 0.462 e. The van der Waals surface area contributed by atoms with Crippen LogP contribution in [0, 0.1) is 0 Å². The number of unbranched alkanes of at least 4 members (excludes halogenated alkanes) is 16. The van der Waals surface area contributed by atoms with Crippen LogP contribution in [-0.4, -0.2) is 37.2 Å². The third-order valence-corrected chi connectivity index (χ3v) is 7.88. The Bertz CT molecular complexity index is 800. The molecule has 0 N–H and O–H groups in total. The second kappa shape index (κ2) is 35.5. The van der Waals surface area contributed by atoms with Gasteiger partial charge in [0.1, 0.15) is 13.2 Å². The van der Waals surface area contributed by atoms with E-state index in [1.165, 1.54) is 70.6 Å². The van der Waals surface area contributed by atoms with Crippen LogP contribution in [0.1, 0.15) is 181 Å². The summed E-state index contributed by atoms with van der Waals surface area (Å²) in [5.41, 5.74) is 0. The van der Waals surface area contributed by atoms with Gasteiger partial charge in [-0.05, 0) is 64.2 Å². The molecular formula is C40H70O6. The fourth-order valence-electron chi connectivity index (χ4n) is 5.01. The van der Waals surface area contributed by atoms with Crippen LogP contribution in [0.15, 0.2) is 36.5 Å². The Balaban J connectivity index is 4.45. The van der Waals surface area contributed by atoms with E-state index in [0.717, 1.165) is 57.8 Å². The highest BCUT2D eigenvalue weighted by Gasteiger charge is 2.19. The number of esters is 3. The molecule has 6 nitrogen and oxygen atoms in total. The highest BCUT2D eigenvalue weighted by molar-refractivity contribution is 5.71. The van der Waals surface area contributed by atoms with E-state index < -0.39 is 6.10 Å². The van der Waals surface area contributed by atoms with Crippen molar-refractivity contribution in [3.8, 4) is 0 Å². The number of hydrogen-bond acceptors (Lipinski definition) is 6. The molecule has 0 aliphatic rings. The first kappa shape index (κ1) is 43.6. The summed E-state index contributed by atoms with van der Waals surface area (Å²) in [5, 5.41) is 0. The smallest absolute Gasteiger partial charge is 0.306 e. The highest BCUT2D eigenvalue weighted by atomic mass is 16.6. The molecule has 0 bridgehead atoms.